The lowest BCUT2D eigenvalue weighted by atomic mass is 10.1. The van der Waals surface area contributed by atoms with E-state index in [1.165, 1.54) is 0 Å². The Labute approximate surface area is 117 Å². The SMILES string of the molecule is C=CCC(NS(=O)C(C)(C)C)c1cccc(Cl)c1. The van der Waals surface area contributed by atoms with Crippen molar-refractivity contribution in [2.45, 2.75) is 38.0 Å². The van der Waals surface area contributed by atoms with Gasteiger partial charge in [-0.05, 0) is 44.9 Å². The molecular weight excluding hydrogens is 266 g/mol. The van der Waals surface area contributed by atoms with Gasteiger partial charge in [0.1, 0.15) is 0 Å². The van der Waals surface area contributed by atoms with E-state index in [1.54, 1.807) is 0 Å². The number of benzene rings is 1. The van der Waals surface area contributed by atoms with Crippen molar-refractivity contribution in [3.05, 3.63) is 47.5 Å². The lowest BCUT2D eigenvalue weighted by Gasteiger charge is -2.24. The van der Waals surface area contributed by atoms with Crippen molar-refractivity contribution in [2.75, 3.05) is 0 Å². The van der Waals surface area contributed by atoms with Gasteiger partial charge >= 0.3 is 0 Å². The first kappa shape index (κ1) is 15.4. The third-order valence-corrected chi connectivity index (χ3v) is 4.30. The minimum absolute atomic E-state index is 0.0266. The molecule has 1 N–H and O–H groups in total. The summed E-state index contributed by atoms with van der Waals surface area (Å²) in [4.78, 5) is 0. The molecule has 4 heteroatoms. The predicted octanol–water partition coefficient (Wildman–Crippen LogP) is 4.01. The van der Waals surface area contributed by atoms with Crippen molar-refractivity contribution in [2.24, 2.45) is 0 Å². The van der Waals surface area contributed by atoms with E-state index >= 15 is 0 Å². The average Bonchev–Trinajstić information content (AvgIpc) is 2.27. The summed E-state index contributed by atoms with van der Waals surface area (Å²) >= 11 is 5.99. The first-order valence-corrected chi connectivity index (χ1v) is 7.42. The van der Waals surface area contributed by atoms with E-state index in [-0.39, 0.29) is 10.8 Å². The van der Waals surface area contributed by atoms with Crippen molar-refractivity contribution in [3.63, 3.8) is 0 Å². The van der Waals surface area contributed by atoms with Crippen LogP contribution in [0.15, 0.2) is 36.9 Å². The summed E-state index contributed by atoms with van der Waals surface area (Å²) in [5.74, 6) is 0. The highest BCUT2D eigenvalue weighted by molar-refractivity contribution is 7.84. The smallest absolute Gasteiger partial charge is 0.0976 e. The zero-order valence-electron chi connectivity index (χ0n) is 11.1. The van der Waals surface area contributed by atoms with Crippen LogP contribution in [0.4, 0.5) is 0 Å². The lowest BCUT2D eigenvalue weighted by molar-refractivity contribution is 0.602. The monoisotopic (exact) mass is 285 g/mol. The molecule has 0 aromatic heterocycles. The molecular formula is C14H20ClNOS. The first-order valence-electron chi connectivity index (χ1n) is 5.89. The van der Waals surface area contributed by atoms with E-state index < -0.39 is 11.0 Å². The van der Waals surface area contributed by atoms with Gasteiger partial charge < -0.3 is 0 Å². The van der Waals surface area contributed by atoms with Crippen LogP contribution < -0.4 is 4.72 Å². The van der Waals surface area contributed by atoms with Crippen molar-refractivity contribution in [3.8, 4) is 0 Å². The van der Waals surface area contributed by atoms with E-state index in [1.807, 2.05) is 51.1 Å². The van der Waals surface area contributed by atoms with Gasteiger partial charge in [-0.25, -0.2) is 8.93 Å². The van der Waals surface area contributed by atoms with E-state index in [0.717, 1.165) is 5.56 Å². The Kier molecular flexibility index (Phi) is 5.57. The molecule has 0 radical (unpaired) electrons. The largest absolute Gasteiger partial charge is 0.242 e. The fourth-order valence-corrected chi connectivity index (χ4v) is 2.49. The molecule has 0 saturated heterocycles. The summed E-state index contributed by atoms with van der Waals surface area (Å²) in [5, 5.41) is 0.685. The molecule has 0 saturated carbocycles. The van der Waals surface area contributed by atoms with Crippen LogP contribution in [0.25, 0.3) is 0 Å². The molecule has 0 aliphatic rings. The Bertz CT molecular complexity index is 440. The van der Waals surface area contributed by atoms with E-state index in [0.29, 0.717) is 11.4 Å². The standard InChI is InChI=1S/C14H20ClNOS/c1-5-7-13(16-18(17)14(2,3)4)11-8-6-9-12(15)10-11/h5-6,8-10,13,16H,1,7H2,2-4H3. The molecule has 18 heavy (non-hydrogen) atoms. The maximum atomic E-state index is 12.1. The zero-order valence-corrected chi connectivity index (χ0v) is 12.6. The van der Waals surface area contributed by atoms with Gasteiger partial charge in [-0.15, -0.1) is 6.58 Å². The van der Waals surface area contributed by atoms with Crippen molar-refractivity contribution in [1.82, 2.24) is 4.72 Å². The predicted molar refractivity (Wildman–Crippen MR) is 80.0 cm³/mol. The number of nitrogens with one attached hydrogen (secondary N) is 1. The number of hydrogen-bond acceptors (Lipinski definition) is 1. The second-order valence-corrected chi connectivity index (χ2v) is 7.57. The quantitative estimate of drug-likeness (QED) is 0.814. The van der Waals surface area contributed by atoms with Crippen molar-refractivity contribution in [1.29, 1.82) is 0 Å². The van der Waals surface area contributed by atoms with Gasteiger partial charge in [-0.3, -0.25) is 0 Å². The third kappa shape index (κ3) is 4.56. The van der Waals surface area contributed by atoms with E-state index in [2.05, 4.69) is 11.3 Å². The van der Waals surface area contributed by atoms with Gasteiger partial charge in [-0.1, -0.05) is 29.8 Å². The third-order valence-electron chi connectivity index (χ3n) is 2.46. The van der Waals surface area contributed by atoms with Crippen LogP contribution in [-0.4, -0.2) is 8.96 Å². The Morgan fingerprint density at radius 2 is 2.17 bits per heavy atom. The second-order valence-electron chi connectivity index (χ2n) is 5.13. The molecule has 2 nitrogen and oxygen atoms in total. The molecule has 0 bridgehead atoms. The first-order chi connectivity index (χ1) is 8.34. The summed E-state index contributed by atoms with van der Waals surface area (Å²) < 4.78 is 15.0. The molecule has 0 fully saturated rings. The summed E-state index contributed by atoms with van der Waals surface area (Å²) in [5.41, 5.74) is 1.03. The highest BCUT2D eigenvalue weighted by Gasteiger charge is 2.23. The normalized spacial score (nSPS) is 15.1. The molecule has 0 heterocycles. The number of hydrogen-bond donors (Lipinski definition) is 1. The highest BCUT2D eigenvalue weighted by Crippen LogP contribution is 2.23. The van der Waals surface area contributed by atoms with Crippen LogP contribution in [0.5, 0.6) is 0 Å². The Balaban J connectivity index is 2.90. The van der Waals surface area contributed by atoms with Crippen molar-refractivity contribution >= 4 is 22.6 Å². The van der Waals surface area contributed by atoms with Crippen LogP contribution in [0.1, 0.15) is 38.8 Å². The molecule has 1 aromatic carbocycles. The van der Waals surface area contributed by atoms with Crippen LogP contribution in [-0.2, 0) is 11.0 Å². The van der Waals surface area contributed by atoms with Gasteiger partial charge in [0.2, 0.25) is 0 Å². The maximum absolute atomic E-state index is 12.1. The Morgan fingerprint density at radius 3 is 2.67 bits per heavy atom. The molecule has 0 aliphatic heterocycles. The summed E-state index contributed by atoms with van der Waals surface area (Å²) in [6.07, 6.45) is 2.53. The van der Waals surface area contributed by atoms with Gasteiger partial charge in [0.15, 0.2) is 0 Å². The summed E-state index contributed by atoms with van der Waals surface area (Å²) in [6, 6.07) is 7.57. The fourth-order valence-electron chi connectivity index (χ4n) is 1.45. The van der Waals surface area contributed by atoms with Crippen LogP contribution >= 0.6 is 11.6 Å². The molecule has 1 rings (SSSR count). The van der Waals surface area contributed by atoms with Gasteiger partial charge in [0.05, 0.1) is 15.7 Å². The zero-order chi connectivity index (χ0) is 13.8. The Morgan fingerprint density at radius 1 is 1.50 bits per heavy atom. The van der Waals surface area contributed by atoms with E-state index in [9.17, 15) is 4.21 Å². The van der Waals surface area contributed by atoms with Gasteiger partial charge in [-0.2, -0.15) is 0 Å². The lowest BCUT2D eigenvalue weighted by Crippen LogP contribution is -2.35. The molecule has 100 valence electrons. The van der Waals surface area contributed by atoms with Crippen molar-refractivity contribution < 1.29 is 4.21 Å². The summed E-state index contributed by atoms with van der Waals surface area (Å²) in [6.45, 7) is 9.58. The van der Waals surface area contributed by atoms with Crippen LogP contribution in [0.2, 0.25) is 5.02 Å². The highest BCUT2D eigenvalue weighted by atomic mass is 35.5. The molecule has 2 unspecified atom stereocenters. The number of rotatable bonds is 5. The molecule has 0 aliphatic carbocycles. The minimum atomic E-state index is -1.12. The Hall–Kier alpha value is -0.640. The summed E-state index contributed by atoms with van der Waals surface area (Å²) in [7, 11) is -1.12. The van der Waals surface area contributed by atoms with E-state index in [4.69, 9.17) is 11.6 Å². The maximum Gasteiger partial charge on any atom is 0.0976 e. The molecule has 1 aromatic rings. The average molecular weight is 286 g/mol. The minimum Gasteiger partial charge on any atom is -0.242 e. The second kappa shape index (κ2) is 6.50. The van der Waals surface area contributed by atoms with Crippen LogP contribution in [0, 0.1) is 0 Å². The molecule has 0 spiro atoms. The van der Waals surface area contributed by atoms with Gasteiger partial charge in [0.25, 0.3) is 0 Å². The molecule has 0 amide bonds. The van der Waals surface area contributed by atoms with Gasteiger partial charge in [0, 0.05) is 11.1 Å². The number of halogens is 1. The van der Waals surface area contributed by atoms with Crippen LogP contribution in [0.3, 0.4) is 0 Å². The fraction of sp³-hybridized carbons (Fsp3) is 0.429. The topological polar surface area (TPSA) is 29.1 Å². The molecule has 2 atom stereocenters.